The number of aromatic hydroxyl groups is 1. The molecule has 0 saturated carbocycles. The van der Waals surface area contributed by atoms with Crippen LogP contribution >= 0.6 is 12.6 Å². The van der Waals surface area contributed by atoms with Gasteiger partial charge in [-0.2, -0.15) is 0 Å². The van der Waals surface area contributed by atoms with Crippen molar-refractivity contribution >= 4 is 108 Å². The molecular weight excluding hydrogens is 1340 g/mol. The summed E-state index contributed by atoms with van der Waals surface area (Å²) in [5.41, 5.74) is 6.20. The Bertz CT molecular complexity index is 3110. The monoisotopic (exact) mass is 1420 g/mol. The average Bonchev–Trinajstić information content (AvgIpc) is 0.795. The van der Waals surface area contributed by atoms with E-state index in [2.05, 4.69) is 28.6 Å². The maximum Gasteiger partial charge on any atom is 0.305 e. The highest BCUT2D eigenvalue weighted by atomic mass is 32.1. The molecule has 36 heteroatoms. The number of carbonyl (C=O) groups is 15. The Labute approximate surface area is 570 Å². The highest BCUT2D eigenvalue weighted by Crippen LogP contribution is 2.33. The van der Waals surface area contributed by atoms with E-state index in [9.17, 15) is 77.0 Å². The number of nitrogens with two attached hydrogens (primary N) is 1. The summed E-state index contributed by atoms with van der Waals surface area (Å²) in [7, 11) is 0. The molecule has 15 atom stereocenters. The zero-order valence-electron chi connectivity index (χ0n) is 55.4. The molecule has 0 radical (unpaired) electrons. The molecule has 3 aliphatic rings. The van der Waals surface area contributed by atoms with Gasteiger partial charge in [0.2, 0.25) is 18.9 Å². The van der Waals surface area contributed by atoms with Crippen LogP contribution in [0.3, 0.4) is 0 Å². The molecule has 3 aromatic rings. The SMILES string of the molecule is CC(=O)OCC1OC(OC(C)=O)[C@@H](NC(=O)c2ccccc2N)[C@@H](OC(C)=O)[C@H]1OC(C)=O.CC(=O)OCC1OC(OC(C)=O)[C@@H](NC(=O)c2ccccc2O)[C@@H](OC(C)=O)[C@H]1OC(C)=O.CC(=O)OCC1OC(OC(C)=O)[C@@H](NC(=O)c2ccccc2S)[C@@H](OC(C)=O)[C@H]1OC(C)=O. The molecule has 6 N–H and O–H groups in total. The summed E-state index contributed by atoms with van der Waals surface area (Å²) in [5, 5.41) is 17.7. The van der Waals surface area contributed by atoms with Gasteiger partial charge in [0.1, 0.15) is 62.0 Å². The largest absolute Gasteiger partial charge is 0.507 e. The van der Waals surface area contributed by atoms with Gasteiger partial charge in [0.05, 0.1) is 16.7 Å². The van der Waals surface area contributed by atoms with E-state index >= 15 is 0 Å². The van der Waals surface area contributed by atoms with Crippen molar-refractivity contribution < 1.29 is 148 Å². The van der Waals surface area contributed by atoms with Crippen LogP contribution in [0.2, 0.25) is 0 Å². The van der Waals surface area contributed by atoms with Crippen molar-refractivity contribution in [3.63, 3.8) is 0 Å². The van der Waals surface area contributed by atoms with Crippen LogP contribution in [-0.2, 0) is 129 Å². The van der Waals surface area contributed by atoms with Gasteiger partial charge in [-0.1, -0.05) is 36.4 Å². The van der Waals surface area contributed by atoms with Gasteiger partial charge < -0.3 is 97.8 Å². The molecule has 35 nitrogen and oxygen atoms in total. The van der Waals surface area contributed by atoms with Gasteiger partial charge in [0.25, 0.3) is 17.7 Å². The highest BCUT2D eigenvalue weighted by Gasteiger charge is 2.55. The van der Waals surface area contributed by atoms with E-state index in [1.165, 1.54) is 42.5 Å². The molecule has 3 aliphatic heterocycles. The van der Waals surface area contributed by atoms with E-state index < -0.39 is 201 Å². The lowest BCUT2D eigenvalue weighted by Crippen LogP contribution is -2.67. The van der Waals surface area contributed by atoms with Crippen LogP contribution < -0.4 is 21.7 Å². The summed E-state index contributed by atoms with van der Waals surface area (Å²) in [6.45, 7) is 12.2. The lowest BCUT2D eigenvalue weighted by atomic mass is 9.95. The fourth-order valence-electron chi connectivity index (χ4n) is 9.68. The van der Waals surface area contributed by atoms with Gasteiger partial charge in [0, 0.05) is 93.7 Å². The molecule has 3 aromatic carbocycles. The lowest BCUT2D eigenvalue weighted by molar-refractivity contribution is -0.270. The molecule has 0 aliphatic carbocycles. The number of nitrogens with one attached hydrogen (secondary N) is 3. The van der Waals surface area contributed by atoms with Crippen molar-refractivity contribution in [3.05, 3.63) is 89.5 Å². The van der Waals surface area contributed by atoms with Crippen LogP contribution in [0.15, 0.2) is 77.7 Å². The van der Waals surface area contributed by atoms with E-state index in [-0.39, 0.29) is 28.1 Å². The number of ether oxygens (including phenoxy) is 15. The number of benzene rings is 3. The maximum atomic E-state index is 12.9. The van der Waals surface area contributed by atoms with E-state index in [1.807, 2.05) is 0 Å². The number of phenolic OH excluding ortho intramolecular Hbond substituents is 1. The number of rotatable bonds is 21. The van der Waals surface area contributed by atoms with E-state index in [0.717, 1.165) is 83.1 Å². The van der Waals surface area contributed by atoms with Crippen molar-refractivity contribution in [3.8, 4) is 5.75 Å². The van der Waals surface area contributed by atoms with Crippen LogP contribution in [0.5, 0.6) is 5.75 Å². The number of anilines is 1. The number of esters is 12. The number of phenols is 1. The second-order valence-corrected chi connectivity index (χ2v) is 21.9. The molecule has 6 rings (SSSR count). The fraction of sp³-hybridized carbons (Fsp3) is 0.476. The minimum atomic E-state index is -1.52. The number of thiol groups is 1. The van der Waals surface area contributed by atoms with Gasteiger partial charge in [-0.05, 0) is 36.4 Å². The normalized spacial score (nSPS) is 24.2. The number of hydrogen-bond acceptors (Lipinski definition) is 33. The molecule has 0 bridgehead atoms. The van der Waals surface area contributed by atoms with E-state index in [1.54, 1.807) is 30.3 Å². The van der Waals surface area contributed by atoms with Crippen LogP contribution in [0.4, 0.5) is 5.69 Å². The van der Waals surface area contributed by atoms with Gasteiger partial charge >= 0.3 is 71.6 Å². The first-order valence-electron chi connectivity index (χ1n) is 29.7. The molecule has 0 aromatic heterocycles. The van der Waals surface area contributed by atoms with E-state index in [4.69, 9.17) is 76.8 Å². The Hall–Kier alpha value is -10.5. The van der Waals surface area contributed by atoms with Crippen molar-refractivity contribution in [2.24, 2.45) is 0 Å². The van der Waals surface area contributed by atoms with Crippen LogP contribution in [0, 0.1) is 0 Å². The van der Waals surface area contributed by atoms with Crippen LogP contribution in [0.25, 0.3) is 0 Å². The van der Waals surface area contributed by atoms with Crippen molar-refractivity contribution in [2.75, 3.05) is 25.6 Å². The standard InChI is InChI=1S/C21H26N2O10.C21H25NO11.C21H25NO10S/c1-10(24)29-9-16-18(30-11(2)25)19(31-12(3)26)17(21(33-16)32-13(4)27)23-20(28)14-7-5-6-8-15(14)22;1-10(23)29-9-16-18(30-11(2)24)19(31-12(3)25)17(21(33-16)32-13(4)26)22-20(28)14-7-5-6-8-15(14)27;1-10(23)28-9-15-18(29-11(2)24)19(30-12(3)25)17(21(32-15)31-13(4)26)22-20(27)14-7-5-6-8-16(14)33/h5-8,16-19,21H,9,22H2,1-4H3,(H,23,28);5-8,16-19,21,27H,9H2,1-4H3,(H,22,28);5-8,15,17-19,21,33H,9H2,1-4H3,(H,22,27)/t2*16?,17-,18-,19+,21?;15?,17-,18-,19+,21?/m000/s1. The van der Waals surface area contributed by atoms with Gasteiger partial charge in [0.15, 0.2) is 36.6 Å². The quantitative estimate of drug-likeness (QED) is 0.0376. The third kappa shape index (κ3) is 25.8. The molecule has 99 heavy (non-hydrogen) atoms. The van der Waals surface area contributed by atoms with Gasteiger partial charge in [-0.25, -0.2) is 0 Å². The number of para-hydroxylation sites is 2. The molecule has 3 saturated heterocycles. The molecule has 6 unspecified atom stereocenters. The van der Waals surface area contributed by atoms with Crippen molar-refractivity contribution in [1.82, 2.24) is 16.0 Å². The number of carbonyl (C=O) groups excluding carboxylic acids is 15. The number of hydrogen-bond donors (Lipinski definition) is 6. The second-order valence-electron chi connectivity index (χ2n) is 21.4. The summed E-state index contributed by atoms with van der Waals surface area (Å²) in [6.07, 6.45) is -16.1. The van der Waals surface area contributed by atoms with Gasteiger partial charge in [-0.3, -0.25) is 71.9 Å². The molecule has 3 fully saturated rings. The first kappa shape index (κ1) is 81.0. The lowest BCUT2D eigenvalue weighted by Gasteiger charge is -2.44. The first-order chi connectivity index (χ1) is 46.5. The fourth-order valence-corrected chi connectivity index (χ4v) is 9.95. The van der Waals surface area contributed by atoms with Crippen molar-refractivity contribution in [1.29, 1.82) is 0 Å². The Balaban J connectivity index is 0.000000315. The van der Waals surface area contributed by atoms with E-state index in [0.29, 0.717) is 4.90 Å². The highest BCUT2D eigenvalue weighted by molar-refractivity contribution is 7.80. The molecule has 3 heterocycles. The number of amides is 3. The van der Waals surface area contributed by atoms with Gasteiger partial charge in [-0.15, -0.1) is 12.6 Å². The third-order valence-electron chi connectivity index (χ3n) is 13.3. The molecule has 540 valence electrons. The third-order valence-corrected chi connectivity index (χ3v) is 13.7. The summed E-state index contributed by atoms with van der Waals surface area (Å²) >= 11 is 4.25. The van der Waals surface area contributed by atoms with Crippen LogP contribution in [-0.4, -0.2) is 206 Å². The Morgan fingerprint density at radius 3 is 0.889 bits per heavy atom. The topological polar surface area (TPSA) is 477 Å². The Kier molecular flexibility index (Phi) is 31.5. The maximum absolute atomic E-state index is 12.9. The summed E-state index contributed by atoms with van der Waals surface area (Å²) in [6, 6.07) is 14.3. The summed E-state index contributed by atoms with van der Waals surface area (Å²) in [5.74, 6) is -11.3. The smallest absolute Gasteiger partial charge is 0.305 e. The Morgan fingerprint density at radius 2 is 0.606 bits per heavy atom. The predicted octanol–water partition coefficient (Wildman–Crippen LogP) is 1.08. The zero-order valence-corrected chi connectivity index (χ0v) is 56.3. The minimum Gasteiger partial charge on any atom is -0.507 e. The molecule has 0 spiro atoms. The summed E-state index contributed by atoms with van der Waals surface area (Å²) < 4.78 is 79.5. The van der Waals surface area contributed by atoms with Crippen molar-refractivity contribution in [2.45, 2.75) is 180 Å². The minimum absolute atomic E-state index is 0.103. The molecular formula is C63H76N4O31S. The molecule has 3 amide bonds. The second kappa shape index (κ2) is 38.5. The average molecular weight is 1420 g/mol. The zero-order chi connectivity index (χ0) is 74.1. The summed E-state index contributed by atoms with van der Waals surface area (Å²) in [4.78, 5) is 179. The Morgan fingerprint density at radius 1 is 0.354 bits per heavy atom. The number of nitrogen functional groups attached to an aromatic ring is 1. The first-order valence-corrected chi connectivity index (χ1v) is 30.2. The van der Waals surface area contributed by atoms with Crippen LogP contribution in [0.1, 0.15) is 114 Å². The predicted molar refractivity (Wildman–Crippen MR) is 331 cm³/mol.